The number of hydrogen-bond donors (Lipinski definition) is 0. The molecule has 3 rings (SSSR count). The monoisotopic (exact) mass is 303 g/mol. The van der Waals surface area contributed by atoms with Gasteiger partial charge in [-0.05, 0) is 11.5 Å². The third-order valence-corrected chi connectivity index (χ3v) is 3.88. The van der Waals surface area contributed by atoms with Crippen molar-refractivity contribution in [2.24, 2.45) is 0 Å². The zero-order valence-corrected chi connectivity index (χ0v) is 12.1. The standard InChI is InChI=1S/C19H5N5/c20-6-12-3-1-2-11-4-5-13-14(7-21)15(8-22)16(9-23)17(10-24)19(13)18(11)12/h1-5H. The number of nitrogens with zero attached hydrogens (tertiary/aromatic N) is 5. The van der Waals surface area contributed by atoms with E-state index in [9.17, 15) is 26.3 Å². The van der Waals surface area contributed by atoms with Gasteiger partial charge in [0.25, 0.3) is 0 Å². The Morgan fingerprint density at radius 1 is 0.542 bits per heavy atom. The summed E-state index contributed by atoms with van der Waals surface area (Å²) in [4.78, 5) is 0. The van der Waals surface area contributed by atoms with E-state index in [1.807, 2.05) is 24.3 Å². The molecule has 0 unspecified atom stereocenters. The van der Waals surface area contributed by atoms with E-state index in [2.05, 4.69) is 6.07 Å². The molecular formula is C19H5N5. The van der Waals surface area contributed by atoms with E-state index >= 15 is 0 Å². The van der Waals surface area contributed by atoms with E-state index in [1.54, 1.807) is 30.3 Å². The molecule has 0 atom stereocenters. The number of nitriles is 5. The van der Waals surface area contributed by atoms with Crippen LogP contribution >= 0.6 is 0 Å². The molecule has 0 aliphatic carbocycles. The number of fused-ring (bicyclic) bond motifs is 3. The maximum Gasteiger partial charge on any atom is 0.102 e. The molecule has 5 heteroatoms. The van der Waals surface area contributed by atoms with Crippen LogP contribution in [0.15, 0.2) is 30.3 Å². The van der Waals surface area contributed by atoms with Gasteiger partial charge < -0.3 is 0 Å². The van der Waals surface area contributed by atoms with Crippen molar-refractivity contribution in [1.29, 1.82) is 26.3 Å². The van der Waals surface area contributed by atoms with Gasteiger partial charge in [0.15, 0.2) is 0 Å². The molecule has 0 saturated carbocycles. The van der Waals surface area contributed by atoms with Gasteiger partial charge in [-0.1, -0.05) is 24.3 Å². The molecule has 0 aromatic heterocycles. The lowest BCUT2D eigenvalue weighted by atomic mass is 9.87. The summed E-state index contributed by atoms with van der Waals surface area (Å²) in [6.07, 6.45) is 0. The molecule has 0 spiro atoms. The van der Waals surface area contributed by atoms with Crippen LogP contribution in [0, 0.1) is 56.7 Å². The van der Waals surface area contributed by atoms with Crippen LogP contribution in [0.25, 0.3) is 21.5 Å². The Balaban J connectivity index is 2.83. The second kappa shape index (κ2) is 5.44. The highest BCUT2D eigenvalue weighted by Gasteiger charge is 2.22. The third kappa shape index (κ3) is 1.76. The van der Waals surface area contributed by atoms with Crippen LogP contribution in [0.3, 0.4) is 0 Å². The van der Waals surface area contributed by atoms with Crippen LogP contribution in [0.1, 0.15) is 27.8 Å². The fraction of sp³-hybridized carbons (Fsp3) is 0. The lowest BCUT2D eigenvalue weighted by Gasteiger charge is -2.11. The maximum absolute atomic E-state index is 9.58. The molecule has 0 N–H and O–H groups in total. The molecule has 0 radical (unpaired) electrons. The molecule has 0 heterocycles. The Hall–Kier alpha value is -4.37. The fourth-order valence-electron chi connectivity index (χ4n) is 2.90. The summed E-state index contributed by atoms with van der Waals surface area (Å²) in [5, 5.41) is 49.2. The SMILES string of the molecule is N#Cc1c(C#N)c(C#N)c2c(ccc3cccc(C#N)c32)c1C#N. The van der Waals surface area contributed by atoms with Gasteiger partial charge in [0.1, 0.15) is 24.3 Å². The van der Waals surface area contributed by atoms with E-state index in [4.69, 9.17) is 0 Å². The summed E-state index contributed by atoms with van der Waals surface area (Å²) in [5.74, 6) is 0. The second-order valence-electron chi connectivity index (χ2n) is 4.95. The number of rotatable bonds is 0. The molecule has 0 amide bonds. The van der Waals surface area contributed by atoms with Gasteiger partial charge in [-0.3, -0.25) is 0 Å². The normalized spacial score (nSPS) is 9.46. The Bertz CT molecular complexity index is 1250. The molecule has 0 aliphatic heterocycles. The van der Waals surface area contributed by atoms with E-state index in [-0.39, 0.29) is 22.3 Å². The van der Waals surface area contributed by atoms with Crippen LogP contribution in [0.4, 0.5) is 0 Å². The lowest BCUT2D eigenvalue weighted by Crippen LogP contribution is -1.99. The number of hydrogen-bond acceptors (Lipinski definition) is 5. The van der Waals surface area contributed by atoms with Crippen molar-refractivity contribution in [2.45, 2.75) is 0 Å². The molecule has 3 aromatic carbocycles. The zero-order valence-electron chi connectivity index (χ0n) is 12.1. The van der Waals surface area contributed by atoms with Crippen molar-refractivity contribution in [2.75, 3.05) is 0 Å². The minimum Gasteiger partial charge on any atom is -0.192 e. The van der Waals surface area contributed by atoms with Gasteiger partial charge in [0, 0.05) is 16.2 Å². The molecule has 0 aliphatic rings. The average molecular weight is 303 g/mol. The Labute approximate surface area is 137 Å². The highest BCUT2D eigenvalue weighted by molar-refractivity contribution is 6.15. The first kappa shape index (κ1) is 14.6. The quantitative estimate of drug-likeness (QED) is 0.590. The van der Waals surface area contributed by atoms with E-state index in [0.717, 1.165) is 5.39 Å². The second-order valence-corrected chi connectivity index (χ2v) is 4.95. The van der Waals surface area contributed by atoms with E-state index in [0.29, 0.717) is 21.7 Å². The predicted molar refractivity (Wildman–Crippen MR) is 85.0 cm³/mol. The minimum atomic E-state index is -0.135. The van der Waals surface area contributed by atoms with Crippen molar-refractivity contribution in [3.05, 3.63) is 58.1 Å². The summed E-state index contributed by atoms with van der Waals surface area (Å²) in [6.45, 7) is 0. The molecule has 3 aromatic rings. The highest BCUT2D eigenvalue weighted by atomic mass is 14.3. The Morgan fingerprint density at radius 2 is 1.17 bits per heavy atom. The number of benzene rings is 3. The molecule has 0 saturated heterocycles. The molecule has 0 bridgehead atoms. The van der Waals surface area contributed by atoms with Crippen molar-refractivity contribution in [1.82, 2.24) is 0 Å². The van der Waals surface area contributed by atoms with Gasteiger partial charge in [-0.25, -0.2) is 0 Å². The highest BCUT2D eigenvalue weighted by Crippen LogP contribution is 2.36. The summed E-state index contributed by atoms with van der Waals surface area (Å²) in [7, 11) is 0. The summed E-state index contributed by atoms with van der Waals surface area (Å²) < 4.78 is 0. The van der Waals surface area contributed by atoms with Crippen LogP contribution in [-0.2, 0) is 0 Å². The topological polar surface area (TPSA) is 119 Å². The first-order valence-corrected chi connectivity index (χ1v) is 6.77. The minimum absolute atomic E-state index is 0.0105. The van der Waals surface area contributed by atoms with E-state index < -0.39 is 0 Å². The van der Waals surface area contributed by atoms with Gasteiger partial charge in [-0.15, -0.1) is 0 Å². The lowest BCUT2D eigenvalue weighted by molar-refractivity contribution is 1.39. The summed E-state index contributed by atoms with van der Waals surface area (Å²) in [5.41, 5.74) is 0.142. The fourth-order valence-corrected chi connectivity index (χ4v) is 2.90. The Morgan fingerprint density at radius 3 is 1.75 bits per heavy atom. The summed E-state index contributed by atoms with van der Waals surface area (Å²) in [6, 6.07) is 18.2. The van der Waals surface area contributed by atoms with Crippen molar-refractivity contribution in [3.8, 4) is 30.3 Å². The van der Waals surface area contributed by atoms with Gasteiger partial charge in [0.05, 0.1) is 33.9 Å². The maximum atomic E-state index is 9.58. The average Bonchev–Trinajstić information content (AvgIpc) is 2.64. The Kier molecular flexibility index (Phi) is 3.30. The van der Waals surface area contributed by atoms with Crippen LogP contribution in [-0.4, -0.2) is 0 Å². The molecule has 106 valence electrons. The van der Waals surface area contributed by atoms with Crippen LogP contribution in [0.5, 0.6) is 0 Å². The zero-order chi connectivity index (χ0) is 17.3. The predicted octanol–water partition coefficient (Wildman–Crippen LogP) is 3.35. The van der Waals surface area contributed by atoms with E-state index in [1.165, 1.54) is 0 Å². The largest absolute Gasteiger partial charge is 0.192 e. The van der Waals surface area contributed by atoms with Crippen molar-refractivity contribution in [3.63, 3.8) is 0 Å². The van der Waals surface area contributed by atoms with Crippen LogP contribution < -0.4 is 0 Å². The molecule has 24 heavy (non-hydrogen) atoms. The van der Waals surface area contributed by atoms with Gasteiger partial charge in [0.2, 0.25) is 0 Å². The molecule has 0 fully saturated rings. The van der Waals surface area contributed by atoms with Crippen molar-refractivity contribution >= 4 is 21.5 Å². The molecule has 5 nitrogen and oxygen atoms in total. The first-order valence-electron chi connectivity index (χ1n) is 6.77. The van der Waals surface area contributed by atoms with Crippen LogP contribution in [0.2, 0.25) is 0 Å². The smallest absolute Gasteiger partial charge is 0.102 e. The van der Waals surface area contributed by atoms with Crippen molar-refractivity contribution < 1.29 is 0 Å². The third-order valence-electron chi connectivity index (χ3n) is 3.88. The van der Waals surface area contributed by atoms with Gasteiger partial charge >= 0.3 is 0 Å². The van der Waals surface area contributed by atoms with Gasteiger partial charge in [-0.2, -0.15) is 26.3 Å². The summed E-state index contributed by atoms with van der Waals surface area (Å²) >= 11 is 0. The molecular weight excluding hydrogens is 298 g/mol. The first-order chi connectivity index (χ1) is 11.7.